The van der Waals surface area contributed by atoms with Gasteiger partial charge in [0.05, 0.1) is 0 Å². The molecule has 2 aromatic rings. The van der Waals surface area contributed by atoms with Crippen molar-refractivity contribution in [3.8, 4) is 0 Å². The molecule has 0 saturated heterocycles. The van der Waals surface area contributed by atoms with E-state index >= 15 is 0 Å². The maximum absolute atomic E-state index is 11.7. The van der Waals surface area contributed by atoms with E-state index in [-0.39, 0.29) is 12.3 Å². The highest BCUT2D eigenvalue weighted by Crippen LogP contribution is 2.13. The van der Waals surface area contributed by atoms with Crippen LogP contribution in [-0.2, 0) is 4.79 Å². The Morgan fingerprint density at radius 2 is 2.15 bits per heavy atom. The van der Waals surface area contributed by atoms with Crippen molar-refractivity contribution in [2.24, 2.45) is 5.73 Å². The van der Waals surface area contributed by atoms with Crippen molar-refractivity contribution in [1.29, 1.82) is 0 Å². The molecule has 1 aromatic heterocycles. The van der Waals surface area contributed by atoms with E-state index < -0.39 is 5.91 Å². The van der Waals surface area contributed by atoms with Gasteiger partial charge in [0.2, 0.25) is 11.8 Å². The molecule has 1 aromatic carbocycles. The molecule has 1 heterocycles. The third-order valence-corrected chi connectivity index (χ3v) is 2.63. The van der Waals surface area contributed by atoms with Crippen LogP contribution in [0.15, 0.2) is 34.9 Å². The maximum atomic E-state index is 11.7. The zero-order valence-corrected chi connectivity index (χ0v) is 10.9. The lowest BCUT2D eigenvalue weighted by Gasteiger charge is -2.05. The highest BCUT2D eigenvalue weighted by molar-refractivity contribution is 5.96. The molecule has 3 N–H and O–H groups in total. The van der Waals surface area contributed by atoms with Crippen molar-refractivity contribution < 1.29 is 14.1 Å². The van der Waals surface area contributed by atoms with E-state index in [0.717, 1.165) is 0 Å². The number of nitrogens with zero attached hydrogens (tertiary/aromatic N) is 1. The third kappa shape index (κ3) is 3.44. The normalized spacial score (nSPS) is 10.2. The first-order chi connectivity index (χ1) is 9.56. The van der Waals surface area contributed by atoms with Crippen LogP contribution in [0.4, 0.5) is 5.82 Å². The van der Waals surface area contributed by atoms with Gasteiger partial charge in [0.25, 0.3) is 0 Å². The summed E-state index contributed by atoms with van der Waals surface area (Å²) in [6, 6.07) is 8.46. The third-order valence-electron chi connectivity index (χ3n) is 2.63. The van der Waals surface area contributed by atoms with Gasteiger partial charge in [-0.2, -0.15) is 0 Å². The van der Waals surface area contributed by atoms with Gasteiger partial charge in [0.15, 0.2) is 5.82 Å². The zero-order valence-electron chi connectivity index (χ0n) is 10.9. The fourth-order valence-electron chi connectivity index (χ4n) is 1.72. The quantitative estimate of drug-likeness (QED) is 0.864. The van der Waals surface area contributed by atoms with Crippen LogP contribution in [0.25, 0.3) is 0 Å². The molecule has 0 spiro atoms. The fraction of sp³-hybridized carbons (Fsp3) is 0.143. The van der Waals surface area contributed by atoms with Crippen molar-refractivity contribution in [2.75, 3.05) is 5.32 Å². The van der Waals surface area contributed by atoms with Crippen LogP contribution in [0.5, 0.6) is 0 Å². The Bertz CT molecular complexity index is 634. The van der Waals surface area contributed by atoms with Crippen molar-refractivity contribution in [3.05, 3.63) is 53.6 Å². The molecule has 0 aliphatic carbocycles. The Balaban J connectivity index is 1.95. The van der Waals surface area contributed by atoms with Crippen LogP contribution < -0.4 is 11.1 Å². The average molecular weight is 272 g/mol. The molecule has 0 fully saturated rings. The van der Waals surface area contributed by atoms with Gasteiger partial charge in [-0.1, -0.05) is 23.4 Å². The summed E-state index contributed by atoms with van der Waals surface area (Å²) in [4.78, 5) is 23.0. The number of nitrogens with one attached hydrogen (secondary N) is 1. The molecule has 6 heteroatoms. The van der Waals surface area contributed by atoms with Crippen LogP contribution in [0, 0.1) is 13.3 Å². The lowest BCUT2D eigenvalue weighted by molar-refractivity contribution is -0.115. The zero-order chi connectivity index (χ0) is 14.5. The van der Waals surface area contributed by atoms with E-state index in [1.54, 1.807) is 43.7 Å². The van der Waals surface area contributed by atoms with Crippen LogP contribution >= 0.6 is 0 Å². The number of aromatic nitrogens is 1. The number of primary amides is 1. The number of hydrogen-bond acceptors (Lipinski definition) is 4. The first-order valence-corrected chi connectivity index (χ1v) is 6.01. The summed E-state index contributed by atoms with van der Waals surface area (Å²) in [7, 11) is 0. The predicted molar refractivity (Wildman–Crippen MR) is 72.8 cm³/mol. The van der Waals surface area contributed by atoms with Crippen LogP contribution in [-0.4, -0.2) is 17.0 Å². The predicted octanol–water partition coefficient (Wildman–Crippen LogP) is 1.66. The highest BCUT2D eigenvalue weighted by Gasteiger charge is 2.10. The second kappa shape index (κ2) is 6.01. The average Bonchev–Trinajstić information content (AvgIpc) is 2.82. The first kappa shape index (κ1) is 13.8. The van der Waals surface area contributed by atoms with E-state index in [4.69, 9.17) is 10.3 Å². The second-order valence-corrected chi connectivity index (χ2v) is 4.23. The lowest BCUT2D eigenvalue weighted by atomic mass is 10.0. The molecular formula is C14H14N3O3. The number of carbonyl (C=O) groups excluding carboxylic acids is 2. The second-order valence-electron chi connectivity index (χ2n) is 4.23. The molecule has 6 nitrogen and oxygen atoms in total. The van der Waals surface area contributed by atoms with Crippen LogP contribution in [0.2, 0.25) is 0 Å². The molecule has 0 aliphatic rings. The minimum atomic E-state index is -0.524. The van der Waals surface area contributed by atoms with E-state index in [1.165, 1.54) is 0 Å². The summed E-state index contributed by atoms with van der Waals surface area (Å²) in [6.45, 7) is 1.73. The van der Waals surface area contributed by atoms with Gasteiger partial charge < -0.3 is 15.6 Å². The molecule has 2 rings (SSSR count). The van der Waals surface area contributed by atoms with Crippen LogP contribution in [0.3, 0.4) is 0 Å². The number of aryl methyl sites for hydroxylation is 1. The molecule has 0 bridgehead atoms. The minimum absolute atomic E-state index is 0.107. The number of hydrogen-bond donors (Lipinski definition) is 2. The number of amides is 2. The van der Waals surface area contributed by atoms with Gasteiger partial charge in [-0.25, -0.2) is 0 Å². The summed E-state index contributed by atoms with van der Waals surface area (Å²) < 4.78 is 4.84. The Labute approximate surface area is 115 Å². The number of anilines is 1. The summed E-state index contributed by atoms with van der Waals surface area (Å²) in [5.41, 5.74) is 6.28. The molecule has 0 atom stereocenters. The Hall–Kier alpha value is -2.63. The van der Waals surface area contributed by atoms with E-state index in [9.17, 15) is 9.59 Å². The summed E-state index contributed by atoms with van der Waals surface area (Å²) >= 11 is 0. The number of benzene rings is 1. The Kier molecular flexibility index (Phi) is 4.14. The lowest BCUT2D eigenvalue weighted by Crippen LogP contribution is -2.15. The smallest absolute Gasteiger partial charge is 0.248 e. The summed E-state index contributed by atoms with van der Waals surface area (Å²) in [6.07, 6.45) is 1.75. The van der Waals surface area contributed by atoms with Gasteiger partial charge in [0, 0.05) is 24.5 Å². The monoisotopic (exact) mass is 272 g/mol. The molecule has 20 heavy (non-hydrogen) atoms. The Morgan fingerprint density at radius 1 is 1.40 bits per heavy atom. The van der Waals surface area contributed by atoms with E-state index in [1.807, 2.05) is 0 Å². The van der Waals surface area contributed by atoms with E-state index in [2.05, 4.69) is 10.5 Å². The summed E-state index contributed by atoms with van der Waals surface area (Å²) in [5.74, 6) is 0.203. The molecule has 0 saturated carbocycles. The summed E-state index contributed by atoms with van der Waals surface area (Å²) in [5, 5.41) is 6.25. The highest BCUT2D eigenvalue weighted by atomic mass is 16.5. The largest absolute Gasteiger partial charge is 0.366 e. The van der Waals surface area contributed by atoms with Crippen molar-refractivity contribution in [1.82, 2.24) is 5.16 Å². The Morgan fingerprint density at radius 3 is 2.80 bits per heavy atom. The molecule has 0 aliphatic heterocycles. The number of nitrogens with two attached hydrogens (primary N) is 1. The van der Waals surface area contributed by atoms with Crippen molar-refractivity contribution in [3.63, 3.8) is 0 Å². The van der Waals surface area contributed by atoms with Crippen molar-refractivity contribution >= 4 is 17.6 Å². The molecule has 1 radical (unpaired) electrons. The van der Waals surface area contributed by atoms with Gasteiger partial charge in [-0.05, 0) is 18.6 Å². The van der Waals surface area contributed by atoms with Gasteiger partial charge in [0.1, 0.15) is 5.76 Å². The topological polar surface area (TPSA) is 98.2 Å². The first-order valence-electron chi connectivity index (χ1n) is 6.01. The van der Waals surface area contributed by atoms with Gasteiger partial charge >= 0.3 is 0 Å². The molecule has 103 valence electrons. The van der Waals surface area contributed by atoms with Crippen LogP contribution in [0.1, 0.15) is 28.1 Å². The molecule has 0 unspecified atom stereocenters. The van der Waals surface area contributed by atoms with Gasteiger partial charge in [-0.15, -0.1) is 0 Å². The van der Waals surface area contributed by atoms with Crippen molar-refractivity contribution in [2.45, 2.75) is 13.3 Å². The SMILES string of the molecule is Cc1cc(NC(=O)C[CH]c2ccccc2C(N)=O)no1. The fourth-order valence-corrected chi connectivity index (χ4v) is 1.72. The maximum Gasteiger partial charge on any atom is 0.248 e. The molecule has 2 amide bonds. The number of rotatable bonds is 5. The van der Waals surface area contributed by atoms with E-state index in [0.29, 0.717) is 22.7 Å². The number of carbonyl (C=O) groups is 2. The standard InChI is InChI=1S/C14H14N3O3/c1-9-8-12(17-20-9)16-13(18)7-6-10-4-2-3-5-11(10)14(15)19/h2-6,8H,7H2,1H3,(H2,15,19)(H,16,17,18). The molecular weight excluding hydrogens is 258 g/mol. The van der Waals surface area contributed by atoms with Gasteiger partial charge in [-0.3, -0.25) is 9.59 Å². The minimum Gasteiger partial charge on any atom is -0.366 e.